The molecule has 3 rings (SSSR count). The summed E-state index contributed by atoms with van der Waals surface area (Å²) in [4.78, 5) is 15.5. The number of rotatable bonds is 5. The first-order chi connectivity index (χ1) is 9.83. The minimum absolute atomic E-state index is 0.689. The van der Waals surface area contributed by atoms with Crippen LogP contribution in [0.5, 0.6) is 0 Å². The number of hydrogen-bond donors (Lipinski definition) is 2. The van der Waals surface area contributed by atoms with Gasteiger partial charge in [0, 0.05) is 11.0 Å². The van der Waals surface area contributed by atoms with Crippen molar-refractivity contribution in [1.82, 2.24) is 19.9 Å². The molecule has 2 heterocycles. The molecule has 0 atom stereocenters. The van der Waals surface area contributed by atoms with E-state index in [1.54, 1.807) is 6.33 Å². The van der Waals surface area contributed by atoms with Crippen LogP contribution in [0.2, 0.25) is 0 Å². The van der Waals surface area contributed by atoms with Gasteiger partial charge in [-0.1, -0.05) is 28.1 Å². The molecule has 0 aliphatic heterocycles. The number of fused-ring (bicyclic) bond motifs is 1. The Labute approximate surface area is 125 Å². The molecule has 0 aliphatic carbocycles. The summed E-state index contributed by atoms with van der Waals surface area (Å²) < 4.78 is 1.12. The fourth-order valence-corrected chi connectivity index (χ4v) is 2.54. The molecule has 0 aliphatic rings. The predicted octanol–water partition coefficient (Wildman–Crippen LogP) is 3.16. The highest BCUT2D eigenvalue weighted by Crippen LogP contribution is 2.15. The van der Waals surface area contributed by atoms with Crippen LogP contribution in [-0.4, -0.2) is 26.5 Å². The first-order valence-corrected chi connectivity index (χ1v) is 7.24. The van der Waals surface area contributed by atoms with E-state index in [4.69, 9.17) is 0 Å². The van der Waals surface area contributed by atoms with Crippen molar-refractivity contribution in [3.05, 3.63) is 47.0 Å². The van der Waals surface area contributed by atoms with Gasteiger partial charge in [0.2, 0.25) is 0 Å². The predicted molar refractivity (Wildman–Crippen MR) is 82.6 cm³/mol. The quantitative estimate of drug-likeness (QED) is 0.705. The third-order valence-electron chi connectivity index (χ3n) is 3.05. The van der Waals surface area contributed by atoms with Gasteiger partial charge in [-0.05, 0) is 30.5 Å². The summed E-state index contributed by atoms with van der Waals surface area (Å²) in [6, 6.07) is 8.39. The number of aromatic nitrogens is 4. The first kappa shape index (κ1) is 13.1. The lowest BCUT2D eigenvalue weighted by Gasteiger charge is -2.06. The van der Waals surface area contributed by atoms with Crippen molar-refractivity contribution in [3.8, 4) is 0 Å². The molecule has 5 nitrogen and oxygen atoms in total. The molecular formula is C14H14BrN5. The van der Waals surface area contributed by atoms with E-state index in [0.717, 1.165) is 35.2 Å². The average Bonchev–Trinajstić information content (AvgIpc) is 2.93. The molecule has 2 N–H and O–H groups in total. The summed E-state index contributed by atoms with van der Waals surface area (Å²) >= 11 is 3.49. The first-order valence-electron chi connectivity index (χ1n) is 6.45. The fraction of sp³-hybridized carbons (Fsp3) is 0.214. The number of halogens is 1. The lowest BCUT2D eigenvalue weighted by molar-refractivity contribution is 0.858. The third kappa shape index (κ3) is 2.96. The van der Waals surface area contributed by atoms with Gasteiger partial charge >= 0.3 is 0 Å². The van der Waals surface area contributed by atoms with E-state index in [-0.39, 0.29) is 0 Å². The van der Waals surface area contributed by atoms with Crippen LogP contribution < -0.4 is 5.32 Å². The summed E-state index contributed by atoms with van der Waals surface area (Å²) in [6.07, 6.45) is 5.23. The van der Waals surface area contributed by atoms with Gasteiger partial charge in [-0.3, -0.25) is 0 Å². The van der Waals surface area contributed by atoms with Gasteiger partial charge < -0.3 is 10.3 Å². The van der Waals surface area contributed by atoms with E-state index < -0.39 is 0 Å². The number of hydrogen-bond acceptors (Lipinski definition) is 4. The number of aryl methyl sites for hydroxylation is 1. The number of H-pyrrole nitrogens is 1. The molecule has 0 fully saturated rings. The summed E-state index contributed by atoms with van der Waals surface area (Å²) in [5, 5.41) is 3.32. The number of nitrogens with one attached hydrogen (secondary N) is 2. The maximum absolute atomic E-state index is 4.24. The molecule has 1 aromatic carbocycles. The summed E-state index contributed by atoms with van der Waals surface area (Å²) in [6.45, 7) is 0.859. The van der Waals surface area contributed by atoms with Crippen molar-refractivity contribution in [2.24, 2.45) is 0 Å². The Balaban J connectivity index is 1.56. The molecule has 0 saturated carbocycles. The summed E-state index contributed by atoms with van der Waals surface area (Å²) in [5.74, 6) is 0.807. The van der Waals surface area contributed by atoms with Crippen LogP contribution in [0.1, 0.15) is 12.0 Å². The molecule has 6 heteroatoms. The average molecular weight is 332 g/mol. The maximum atomic E-state index is 4.24. The van der Waals surface area contributed by atoms with Crippen LogP contribution in [0, 0.1) is 0 Å². The largest absolute Gasteiger partial charge is 0.368 e. The molecule has 2 aromatic heterocycles. The highest BCUT2D eigenvalue weighted by molar-refractivity contribution is 9.10. The molecule has 102 valence electrons. The molecule has 0 spiro atoms. The molecule has 0 bridgehead atoms. The van der Waals surface area contributed by atoms with Gasteiger partial charge in [0.15, 0.2) is 11.5 Å². The minimum atomic E-state index is 0.689. The smallest absolute Gasteiger partial charge is 0.182 e. The number of benzene rings is 1. The molecule has 20 heavy (non-hydrogen) atoms. The molecular weight excluding hydrogens is 318 g/mol. The van der Waals surface area contributed by atoms with Crippen molar-refractivity contribution in [2.75, 3.05) is 11.9 Å². The molecule has 0 amide bonds. The van der Waals surface area contributed by atoms with Crippen LogP contribution in [0.3, 0.4) is 0 Å². The Morgan fingerprint density at radius 2 is 2.15 bits per heavy atom. The van der Waals surface area contributed by atoms with Gasteiger partial charge in [-0.25, -0.2) is 15.0 Å². The second-order valence-corrected chi connectivity index (χ2v) is 5.40. The lowest BCUT2D eigenvalue weighted by Crippen LogP contribution is -2.05. The van der Waals surface area contributed by atoms with Crippen molar-refractivity contribution >= 4 is 32.9 Å². The van der Waals surface area contributed by atoms with Crippen molar-refractivity contribution in [1.29, 1.82) is 0 Å². The SMILES string of the molecule is Brc1cccc(CCCNc2ncnc3nc[nH]c23)c1. The standard InChI is InChI=1S/C14H14BrN5/c15-11-5-1-3-10(7-11)4-2-6-16-13-12-14(18-8-17-12)20-9-19-13/h1,3,5,7-9H,2,4,6H2,(H2,16,17,18,19,20). The Morgan fingerprint density at radius 1 is 1.20 bits per heavy atom. The Morgan fingerprint density at radius 3 is 3.05 bits per heavy atom. The zero-order chi connectivity index (χ0) is 13.8. The van der Waals surface area contributed by atoms with Crippen molar-refractivity contribution in [2.45, 2.75) is 12.8 Å². The van der Waals surface area contributed by atoms with Gasteiger partial charge in [-0.2, -0.15) is 0 Å². The van der Waals surface area contributed by atoms with Gasteiger partial charge in [-0.15, -0.1) is 0 Å². The van der Waals surface area contributed by atoms with E-state index >= 15 is 0 Å². The van der Waals surface area contributed by atoms with Gasteiger partial charge in [0.25, 0.3) is 0 Å². The second kappa shape index (κ2) is 6.00. The minimum Gasteiger partial charge on any atom is -0.368 e. The van der Waals surface area contributed by atoms with Crippen LogP contribution in [0.4, 0.5) is 5.82 Å². The van der Waals surface area contributed by atoms with Crippen molar-refractivity contribution in [3.63, 3.8) is 0 Å². The van der Waals surface area contributed by atoms with E-state index in [2.05, 4.69) is 59.4 Å². The van der Waals surface area contributed by atoms with E-state index in [1.807, 2.05) is 6.07 Å². The van der Waals surface area contributed by atoms with Crippen LogP contribution in [0.15, 0.2) is 41.4 Å². The monoisotopic (exact) mass is 331 g/mol. The number of anilines is 1. The van der Waals surface area contributed by atoms with Gasteiger partial charge in [0.05, 0.1) is 6.33 Å². The zero-order valence-electron chi connectivity index (χ0n) is 10.8. The maximum Gasteiger partial charge on any atom is 0.182 e. The second-order valence-electron chi connectivity index (χ2n) is 4.48. The number of imidazole rings is 1. The van der Waals surface area contributed by atoms with Crippen LogP contribution in [-0.2, 0) is 6.42 Å². The van der Waals surface area contributed by atoms with Crippen molar-refractivity contribution < 1.29 is 0 Å². The van der Waals surface area contributed by atoms with E-state index in [9.17, 15) is 0 Å². The Kier molecular flexibility index (Phi) is 3.92. The van der Waals surface area contributed by atoms with E-state index in [0.29, 0.717) is 5.65 Å². The number of nitrogens with zero attached hydrogens (tertiary/aromatic N) is 3. The van der Waals surface area contributed by atoms with Gasteiger partial charge in [0.1, 0.15) is 11.8 Å². The molecule has 0 saturated heterocycles. The summed E-state index contributed by atoms with van der Waals surface area (Å²) in [5.41, 5.74) is 2.87. The zero-order valence-corrected chi connectivity index (χ0v) is 12.4. The normalized spacial score (nSPS) is 10.8. The van der Waals surface area contributed by atoms with Crippen LogP contribution in [0.25, 0.3) is 11.2 Å². The Bertz CT molecular complexity index is 709. The third-order valence-corrected chi connectivity index (χ3v) is 3.54. The Hall–Kier alpha value is -1.95. The molecule has 3 aromatic rings. The highest BCUT2D eigenvalue weighted by Gasteiger charge is 2.04. The fourth-order valence-electron chi connectivity index (χ4n) is 2.09. The molecule has 0 unspecified atom stereocenters. The highest BCUT2D eigenvalue weighted by atomic mass is 79.9. The van der Waals surface area contributed by atoms with Crippen LogP contribution >= 0.6 is 15.9 Å². The molecule has 0 radical (unpaired) electrons. The lowest BCUT2D eigenvalue weighted by atomic mass is 10.1. The topological polar surface area (TPSA) is 66.5 Å². The van der Waals surface area contributed by atoms with E-state index in [1.165, 1.54) is 11.9 Å². The number of aromatic amines is 1. The summed E-state index contributed by atoms with van der Waals surface area (Å²) in [7, 11) is 0.